The first kappa shape index (κ1) is 26.9. The predicted molar refractivity (Wildman–Crippen MR) is 156 cm³/mol. The van der Waals surface area contributed by atoms with Gasteiger partial charge >= 0.3 is 5.69 Å². The predicted octanol–water partition coefficient (Wildman–Crippen LogP) is 3.82. The van der Waals surface area contributed by atoms with Crippen LogP contribution in [-0.4, -0.2) is 48.8 Å². The third-order valence-corrected chi connectivity index (χ3v) is 7.59. The molecule has 1 atom stereocenters. The molecule has 4 heterocycles. The minimum Gasteiger partial charge on any atom is -0.379 e. The summed E-state index contributed by atoms with van der Waals surface area (Å²) in [6.45, 7) is 1.13. The lowest BCUT2D eigenvalue weighted by atomic mass is 10.2. The second-order valence-corrected chi connectivity index (χ2v) is 10.5. The van der Waals surface area contributed by atoms with Crippen molar-refractivity contribution in [2.75, 3.05) is 13.2 Å². The Morgan fingerprint density at radius 1 is 1.07 bits per heavy atom. The van der Waals surface area contributed by atoms with E-state index in [1.54, 1.807) is 59.2 Å². The molecule has 10 nitrogen and oxygen atoms in total. The van der Waals surface area contributed by atoms with Gasteiger partial charge < -0.3 is 10.1 Å². The molecule has 1 amide bonds. The zero-order valence-electron chi connectivity index (χ0n) is 21.9. The maximum absolute atomic E-state index is 13.6. The van der Waals surface area contributed by atoms with Crippen LogP contribution in [0.2, 0.25) is 10.0 Å². The normalized spacial score (nSPS) is 15.0. The van der Waals surface area contributed by atoms with Crippen LogP contribution in [0.15, 0.2) is 76.4 Å². The number of fused-ring (bicyclic) bond motifs is 1. The number of carbonyl (C=O) groups is 1. The quantitative estimate of drug-likeness (QED) is 0.321. The second kappa shape index (κ2) is 11.0. The molecule has 0 spiro atoms. The molecule has 0 saturated carbocycles. The van der Waals surface area contributed by atoms with Crippen molar-refractivity contribution in [1.29, 1.82) is 0 Å². The number of nitrogens with zero attached hydrogens (tertiary/aromatic N) is 5. The van der Waals surface area contributed by atoms with Gasteiger partial charge in [-0.3, -0.25) is 28.3 Å². The van der Waals surface area contributed by atoms with Crippen molar-refractivity contribution < 1.29 is 9.53 Å². The number of carbonyl (C=O) groups excluding carboxylic acids is 1. The van der Waals surface area contributed by atoms with Crippen LogP contribution in [0, 0.1) is 0 Å². The number of hydrogen-bond donors (Lipinski definition) is 1. The van der Waals surface area contributed by atoms with Crippen LogP contribution < -0.4 is 16.6 Å². The summed E-state index contributed by atoms with van der Waals surface area (Å²) in [5.74, 6) is 0.146. The van der Waals surface area contributed by atoms with E-state index in [4.69, 9.17) is 32.9 Å². The van der Waals surface area contributed by atoms with Gasteiger partial charge in [-0.15, -0.1) is 0 Å². The first-order valence-corrected chi connectivity index (χ1v) is 13.6. The van der Waals surface area contributed by atoms with Gasteiger partial charge in [0.2, 0.25) is 0 Å². The Morgan fingerprint density at radius 3 is 2.54 bits per heavy atom. The zero-order valence-corrected chi connectivity index (χ0v) is 23.4. The number of nitrogens with one attached hydrogen (secondary N) is 1. The maximum atomic E-state index is 13.6. The van der Waals surface area contributed by atoms with Crippen LogP contribution in [0.4, 0.5) is 0 Å². The van der Waals surface area contributed by atoms with E-state index >= 15 is 0 Å². The first-order chi connectivity index (χ1) is 19.8. The van der Waals surface area contributed by atoms with Crippen LogP contribution in [0.5, 0.6) is 0 Å². The molecule has 3 aromatic heterocycles. The smallest absolute Gasteiger partial charge is 0.332 e. The van der Waals surface area contributed by atoms with Gasteiger partial charge in [-0.25, -0.2) is 9.78 Å². The number of halogens is 2. The third kappa shape index (κ3) is 5.06. The number of benzene rings is 2. The van der Waals surface area contributed by atoms with E-state index in [1.165, 1.54) is 17.8 Å². The van der Waals surface area contributed by atoms with Crippen molar-refractivity contribution in [2.24, 2.45) is 7.05 Å². The molecule has 0 bridgehead atoms. The highest BCUT2D eigenvalue weighted by molar-refractivity contribution is 6.33. The zero-order chi connectivity index (χ0) is 28.7. The Bertz CT molecular complexity index is 1890. The summed E-state index contributed by atoms with van der Waals surface area (Å²) in [5, 5.41) is 3.89. The molecule has 0 radical (unpaired) electrons. The average molecular weight is 591 g/mol. The van der Waals surface area contributed by atoms with Crippen LogP contribution in [0.3, 0.4) is 0 Å². The van der Waals surface area contributed by atoms with Crippen LogP contribution in [0.25, 0.3) is 28.2 Å². The van der Waals surface area contributed by atoms with Crippen molar-refractivity contribution in [2.45, 2.75) is 19.0 Å². The minimum atomic E-state index is -0.557. The highest BCUT2D eigenvalue weighted by atomic mass is 35.5. The van der Waals surface area contributed by atoms with Gasteiger partial charge in [-0.1, -0.05) is 35.3 Å². The van der Waals surface area contributed by atoms with E-state index in [2.05, 4.69) is 10.3 Å². The molecule has 1 fully saturated rings. The standard InChI is InChI=1S/C29H24Cl2N6O4/c1-35-28(39)24-26(34-25(22-4-2-3-5-23(22)31)37(24)21-10-7-18(30)8-11-21)36(29(35)40)15-19-9-6-17(14-32-19)27(38)33-20-12-13-41-16-20/h2-11,14,20H,12-13,15-16H2,1H3,(H,33,38). The van der Waals surface area contributed by atoms with E-state index in [0.717, 1.165) is 11.0 Å². The minimum absolute atomic E-state index is 0.0153. The summed E-state index contributed by atoms with van der Waals surface area (Å²) in [4.78, 5) is 48.8. The lowest BCUT2D eigenvalue weighted by molar-refractivity contribution is 0.0929. The Kier molecular flexibility index (Phi) is 7.21. The summed E-state index contributed by atoms with van der Waals surface area (Å²) in [6, 6.07) is 17.4. The fraction of sp³-hybridized carbons (Fsp3) is 0.207. The molecule has 41 heavy (non-hydrogen) atoms. The molecule has 1 aliphatic rings. The Balaban J connectivity index is 1.48. The highest BCUT2D eigenvalue weighted by Gasteiger charge is 2.24. The van der Waals surface area contributed by atoms with E-state index in [1.807, 2.05) is 6.07 Å². The van der Waals surface area contributed by atoms with Gasteiger partial charge in [0.1, 0.15) is 5.82 Å². The van der Waals surface area contributed by atoms with Gasteiger partial charge in [0, 0.05) is 36.1 Å². The number of imidazole rings is 1. The molecular weight excluding hydrogens is 567 g/mol. The van der Waals surface area contributed by atoms with E-state index in [-0.39, 0.29) is 29.7 Å². The van der Waals surface area contributed by atoms with Gasteiger partial charge in [-0.05, 0) is 55.0 Å². The monoisotopic (exact) mass is 590 g/mol. The van der Waals surface area contributed by atoms with E-state index in [9.17, 15) is 14.4 Å². The van der Waals surface area contributed by atoms with Crippen molar-refractivity contribution >= 4 is 40.3 Å². The topological polar surface area (TPSA) is 113 Å². The fourth-order valence-corrected chi connectivity index (χ4v) is 5.19. The molecule has 208 valence electrons. The van der Waals surface area contributed by atoms with Crippen molar-refractivity contribution in [3.05, 3.63) is 109 Å². The van der Waals surface area contributed by atoms with Crippen LogP contribution >= 0.6 is 23.2 Å². The van der Waals surface area contributed by atoms with Crippen molar-refractivity contribution in [3.63, 3.8) is 0 Å². The number of aromatic nitrogens is 5. The number of hydrogen-bond acceptors (Lipinski definition) is 6. The lowest BCUT2D eigenvalue weighted by Gasteiger charge is -2.12. The maximum Gasteiger partial charge on any atom is 0.332 e. The summed E-state index contributed by atoms with van der Waals surface area (Å²) in [7, 11) is 1.42. The van der Waals surface area contributed by atoms with E-state index < -0.39 is 11.2 Å². The van der Waals surface area contributed by atoms with Gasteiger partial charge in [0.25, 0.3) is 11.5 Å². The molecule has 1 unspecified atom stereocenters. The SMILES string of the molecule is Cn1c(=O)c2c(nc(-c3ccccc3Cl)n2-c2ccc(Cl)cc2)n(Cc2ccc(C(=O)NC3CCOC3)cn2)c1=O. The largest absolute Gasteiger partial charge is 0.379 e. The van der Waals surface area contributed by atoms with Gasteiger partial charge in [-0.2, -0.15) is 0 Å². The molecule has 1 N–H and O–H groups in total. The number of ether oxygens (including phenoxy) is 1. The van der Waals surface area contributed by atoms with Gasteiger partial charge in [0.15, 0.2) is 11.2 Å². The summed E-state index contributed by atoms with van der Waals surface area (Å²) in [5.41, 5.74) is 1.40. The molecule has 0 aliphatic carbocycles. The molecule has 5 aromatic rings. The van der Waals surface area contributed by atoms with Crippen LogP contribution in [-0.2, 0) is 18.3 Å². The Hall–Kier alpha value is -4.25. The van der Waals surface area contributed by atoms with E-state index in [0.29, 0.717) is 51.6 Å². The summed E-state index contributed by atoms with van der Waals surface area (Å²) in [6.07, 6.45) is 2.23. The molecule has 2 aromatic carbocycles. The van der Waals surface area contributed by atoms with Crippen molar-refractivity contribution in [1.82, 2.24) is 29.0 Å². The highest BCUT2D eigenvalue weighted by Crippen LogP contribution is 2.32. The molecule has 1 saturated heterocycles. The summed E-state index contributed by atoms with van der Waals surface area (Å²) < 4.78 is 9.42. The molecule has 6 rings (SSSR count). The molecular formula is C29H24Cl2N6O4. The van der Waals surface area contributed by atoms with Crippen LogP contribution in [0.1, 0.15) is 22.5 Å². The van der Waals surface area contributed by atoms with Crippen molar-refractivity contribution in [3.8, 4) is 17.1 Å². The lowest BCUT2D eigenvalue weighted by Crippen LogP contribution is -2.39. The molecule has 12 heteroatoms. The Labute approximate surface area is 243 Å². The number of pyridine rings is 1. The third-order valence-electron chi connectivity index (χ3n) is 7.01. The Morgan fingerprint density at radius 2 is 1.85 bits per heavy atom. The fourth-order valence-electron chi connectivity index (χ4n) is 4.84. The first-order valence-electron chi connectivity index (χ1n) is 12.9. The summed E-state index contributed by atoms with van der Waals surface area (Å²) >= 11 is 12.7. The number of rotatable bonds is 6. The van der Waals surface area contributed by atoms with Gasteiger partial charge in [0.05, 0.1) is 35.5 Å². The number of amides is 1. The molecule has 1 aliphatic heterocycles. The second-order valence-electron chi connectivity index (χ2n) is 9.70. The average Bonchev–Trinajstić information content (AvgIpc) is 3.63.